The van der Waals surface area contributed by atoms with Crippen molar-refractivity contribution in [2.24, 2.45) is 0 Å². The van der Waals surface area contributed by atoms with Gasteiger partial charge < -0.3 is 5.73 Å². The summed E-state index contributed by atoms with van der Waals surface area (Å²) in [6.45, 7) is -0.124. The molecule has 0 aliphatic rings. The minimum absolute atomic E-state index is 0.0172. The molecule has 0 heterocycles. The number of hydrogen-bond acceptors (Lipinski definition) is 3. The molecular formula is C10H14F3N3O2S. The molecule has 0 saturated heterocycles. The molecule has 0 saturated carbocycles. The van der Waals surface area contributed by atoms with Gasteiger partial charge in [0.05, 0.1) is 5.69 Å². The molecule has 9 heteroatoms. The monoisotopic (exact) mass is 297 g/mol. The largest absolute Gasteiger partial charge is 0.402 e. The number of alkyl halides is 3. The fourth-order valence-electron chi connectivity index (χ4n) is 1.42. The zero-order valence-corrected chi connectivity index (χ0v) is 10.9. The van der Waals surface area contributed by atoms with Gasteiger partial charge in [0.25, 0.3) is 0 Å². The quantitative estimate of drug-likeness (QED) is 0.809. The SMILES string of the molecule is CCN(c1cccc(N)c1)S(=O)(=O)NCC(F)(F)F. The van der Waals surface area contributed by atoms with Crippen LogP contribution in [0.1, 0.15) is 6.92 Å². The van der Waals surface area contributed by atoms with Gasteiger partial charge in [0.2, 0.25) is 0 Å². The maximum Gasteiger partial charge on any atom is 0.402 e. The predicted molar refractivity (Wildman–Crippen MR) is 66.9 cm³/mol. The molecule has 0 amide bonds. The first-order valence-corrected chi connectivity index (χ1v) is 6.79. The van der Waals surface area contributed by atoms with Crippen molar-refractivity contribution in [2.45, 2.75) is 13.1 Å². The lowest BCUT2D eigenvalue weighted by Gasteiger charge is -2.23. The molecule has 1 aromatic rings. The Morgan fingerprint density at radius 2 is 2.00 bits per heavy atom. The van der Waals surface area contributed by atoms with Crippen LogP contribution < -0.4 is 14.8 Å². The number of nitrogens with one attached hydrogen (secondary N) is 1. The van der Waals surface area contributed by atoms with Crippen molar-refractivity contribution < 1.29 is 21.6 Å². The average Bonchev–Trinajstić information content (AvgIpc) is 2.26. The van der Waals surface area contributed by atoms with Gasteiger partial charge in [-0.3, -0.25) is 4.31 Å². The van der Waals surface area contributed by atoms with E-state index in [2.05, 4.69) is 0 Å². The molecule has 1 aromatic carbocycles. The van der Waals surface area contributed by atoms with Crippen molar-refractivity contribution in [3.8, 4) is 0 Å². The van der Waals surface area contributed by atoms with E-state index in [1.54, 1.807) is 6.07 Å². The summed E-state index contributed by atoms with van der Waals surface area (Å²) in [4.78, 5) is 0. The Bertz CT molecular complexity index is 531. The van der Waals surface area contributed by atoms with Gasteiger partial charge in [0.1, 0.15) is 6.54 Å². The summed E-state index contributed by atoms with van der Waals surface area (Å²) in [6.07, 6.45) is -4.61. The number of benzene rings is 1. The van der Waals surface area contributed by atoms with Crippen LogP contribution in [-0.4, -0.2) is 27.7 Å². The van der Waals surface area contributed by atoms with Crippen molar-refractivity contribution >= 4 is 21.6 Å². The molecule has 0 aliphatic heterocycles. The van der Waals surface area contributed by atoms with Crippen LogP contribution in [0.2, 0.25) is 0 Å². The van der Waals surface area contributed by atoms with Gasteiger partial charge in [-0.2, -0.15) is 26.3 Å². The first-order valence-electron chi connectivity index (χ1n) is 5.35. The summed E-state index contributed by atoms with van der Waals surface area (Å²) in [5.41, 5.74) is 6.04. The van der Waals surface area contributed by atoms with Crippen LogP contribution in [-0.2, 0) is 10.2 Å². The normalized spacial score (nSPS) is 12.4. The van der Waals surface area contributed by atoms with Crippen LogP contribution >= 0.6 is 0 Å². The minimum atomic E-state index is -4.61. The zero-order valence-electron chi connectivity index (χ0n) is 10.1. The number of nitrogens with two attached hydrogens (primary N) is 1. The molecule has 0 aromatic heterocycles. The smallest absolute Gasteiger partial charge is 0.399 e. The average molecular weight is 297 g/mol. The highest BCUT2D eigenvalue weighted by Crippen LogP contribution is 2.20. The first-order chi connectivity index (χ1) is 8.65. The molecule has 0 atom stereocenters. The zero-order chi connectivity index (χ0) is 14.7. The van der Waals surface area contributed by atoms with Gasteiger partial charge in [-0.25, -0.2) is 0 Å². The van der Waals surface area contributed by atoms with E-state index in [9.17, 15) is 21.6 Å². The van der Waals surface area contributed by atoms with E-state index in [-0.39, 0.29) is 12.2 Å². The Morgan fingerprint density at radius 3 is 2.47 bits per heavy atom. The summed E-state index contributed by atoms with van der Waals surface area (Å²) in [6, 6.07) is 5.89. The van der Waals surface area contributed by atoms with Gasteiger partial charge >= 0.3 is 16.4 Å². The molecule has 0 bridgehead atoms. The van der Waals surface area contributed by atoms with E-state index < -0.39 is 22.9 Å². The molecule has 108 valence electrons. The van der Waals surface area contributed by atoms with Gasteiger partial charge in [-0.15, -0.1) is 0 Å². The predicted octanol–water partition coefficient (Wildman–Crippen LogP) is 1.49. The Hall–Kier alpha value is -1.48. The van der Waals surface area contributed by atoms with Crippen LogP contribution in [0.15, 0.2) is 24.3 Å². The molecule has 0 unspecified atom stereocenters. The van der Waals surface area contributed by atoms with Crippen molar-refractivity contribution in [3.63, 3.8) is 0 Å². The van der Waals surface area contributed by atoms with E-state index in [1.807, 2.05) is 0 Å². The van der Waals surface area contributed by atoms with Crippen LogP contribution in [0.3, 0.4) is 0 Å². The van der Waals surface area contributed by atoms with E-state index >= 15 is 0 Å². The first kappa shape index (κ1) is 15.6. The van der Waals surface area contributed by atoms with E-state index in [0.717, 1.165) is 4.31 Å². The van der Waals surface area contributed by atoms with E-state index in [0.29, 0.717) is 5.69 Å². The number of nitrogen functional groups attached to an aromatic ring is 1. The summed E-state index contributed by atoms with van der Waals surface area (Å²) in [7, 11) is -4.27. The highest BCUT2D eigenvalue weighted by atomic mass is 32.2. The maximum absolute atomic E-state index is 12.1. The van der Waals surface area contributed by atoms with Crippen molar-refractivity contribution in [1.29, 1.82) is 0 Å². The van der Waals surface area contributed by atoms with Gasteiger partial charge in [-0.05, 0) is 25.1 Å². The second-order valence-corrected chi connectivity index (χ2v) is 5.38. The summed E-state index contributed by atoms with van der Waals surface area (Å²) in [5, 5.41) is 0. The highest BCUT2D eigenvalue weighted by Gasteiger charge is 2.31. The molecule has 0 radical (unpaired) electrons. The third-order valence-electron chi connectivity index (χ3n) is 2.19. The molecule has 0 fully saturated rings. The van der Waals surface area contributed by atoms with Crippen LogP contribution in [0.4, 0.5) is 24.5 Å². The van der Waals surface area contributed by atoms with Crippen molar-refractivity contribution in [3.05, 3.63) is 24.3 Å². The number of nitrogens with zero attached hydrogens (tertiary/aromatic N) is 1. The van der Waals surface area contributed by atoms with Crippen molar-refractivity contribution in [2.75, 3.05) is 23.1 Å². The van der Waals surface area contributed by atoms with E-state index in [1.165, 1.54) is 29.8 Å². The lowest BCUT2D eigenvalue weighted by molar-refractivity contribution is -0.121. The molecule has 0 aliphatic carbocycles. The third-order valence-corrected chi connectivity index (χ3v) is 3.75. The third kappa shape index (κ3) is 4.60. The summed E-state index contributed by atoms with van der Waals surface area (Å²) in [5.74, 6) is 0. The van der Waals surface area contributed by atoms with Crippen LogP contribution in [0.5, 0.6) is 0 Å². The van der Waals surface area contributed by atoms with Crippen LogP contribution in [0, 0.1) is 0 Å². The van der Waals surface area contributed by atoms with Gasteiger partial charge in [0, 0.05) is 12.2 Å². The Kier molecular flexibility index (Phi) is 4.64. The second-order valence-electron chi connectivity index (χ2n) is 3.70. The molecule has 19 heavy (non-hydrogen) atoms. The number of anilines is 2. The lowest BCUT2D eigenvalue weighted by Crippen LogP contribution is -2.44. The number of halogens is 3. The van der Waals surface area contributed by atoms with Gasteiger partial charge in [-0.1, -0.05) is 6.07 Å². The number of hydrogen-bond donors (Lipinski definition) is 2. The molecule has 0 spiro atoms. The molecule has 1 rings (SSSR count). The Morgan fingerprint density at radius 1 is 1.37 bits per heavy atom. The van der Waals surface area contributed by atoms with Crippen molar-refractivity contribution in [1.82, 2.24) is 4.72 Å². The molecular weight excluding hydrogens is 283 g/mol. The minimum Gasteiger partial charge on any atom is -0.399 e. The Labute approximate surface area is 109 Å². The van der Waals surface area contributed by atoms with E-state index in [4.69, 9.17) is 5.73 Å². The highest BCUT2D eigenvalue weighted by molar-refractivity contribution is 7.90. The van der Waals surface area contributed by atoms with Crippen LogP contribution in [0.25, 0.3) is 0 Å². The lowest BCUT2D eigenvalue weighted by atomic mass is 10.3. The second kappa shape index (κ2) is 5.66. The summed E-state index contributed by atoms with van der Waals surface area (Å²) < 4.78 is 62.1. The fraction of sp³-hybridized carbons (Fsp3) is 0.400. The topological polar surface area (TPSA) is 75.4 Å². The number of rotatable bonds is 5. The Balaban J connectivity index is 2.96. The summed E-state index contributed by atoms with van der Waals surface area (Å²) >= 11 is 0. The maximum atomic E-state index is 12.1. The molecule has 3 N–H and O–H groups in total. The van der Waals surface area contributed by atoms with Gasteiger partial charge in [0.15, 0.2) is 0 Å². The fourth-order valence-corrected chi connectivity index (χ4v) is 2.66. The molecule has 5 nitrogen and oxygen atoms in total. The standard InChI is InChI=1S/C10H14F3N3O2S/c1-2-16(9-5-3-4-8(14)6-9)19(17,18)15-7-10(11,12)13/h3-6,15H,2,7,14H2,1H3.